The Balaban J connectivity index is 2.53. The second kappa shape index (κ2) is 4.49. The molecule has 1 unspecified atom stereocenters. The van der Waals surface area contributed by atoms with Crippen LogP contribution in [-0.2, 0) is 0 Å². The first-order valence-electron chi connectivity index (χ1n) is 5.18. The number of piperidine rings is 1. The van der Waals surface area contributed by atoms with Crippen LogP contribution >= 0.6 is 0 Å². The first-order chi connectivity index (χ1) is 6.16. The van der Waals surface area contributed by atoms with Crippen LogP contribution in [0.2, 0.25) is 0 Å². The van der Waals surface area contributed by atoms with E-state index in [1.54, 1.807) is 4.90 Å². The van der Waals surface area contributed by atoms with Crippen molar-refractivity contribution in [1.82, 2.24) is 9.80 Å². The van der Waals surface area contributed by atoms with Crippen molar-refractivity contribution in [3.05, 3.63) is 0 Å². The van der Waals surface area contributed by atoms with E-state index in [1.165, 1.54) is 6.42 Å². The van der Waals surface area contributed by atoms with E-state index in [-0.39, 0.29) is 6.03 Å². The van der Waals surface area contributed by atoms with Crippen molar-refractivity contribution in [3.8, 4) is 0 Å². The quantitative estimate of drug-likeness (QED) is 0.611. The lowest BCUT2D eigenvalue weighted by Crippen LogP contribution is -2.47. The van der Waals surface area contributed by atoms with Crippen LogP contribution in [-0.4, -0.2) is 42.0 Å². The highest BCUT2D eigenvalue weighted by molar-refractivity contribution is 5.74. The number of amides is 2. The van der Waals surface area contributed by atoms with Crippen molar-refractivity contribution in [3.63, 3.8) is 0 Å². The van der Waals surface area contributed by atoms with E-state index in [2.05, 4.69) is 6.92 Å². The third-order valence-electron chi connectivity index (χ3n) is 2.85. The minimum Gasteiger partial charge on any atom is -0.328 e. The van der Waals surface area contributed by atoms with Gasteiger partial charge in [-0.15, -0.1) is 0 Å². The third kappa shape index (κ3) is 2.36. The van der Waals surface area contributed by atoms with Crippen molar-refractivity contribution in [2.45, 2.75) is 39.2 Å². The first kappa shape index (κ1) is 10.4. The van der Waals surface area contributed by atoms with Crippen LogP contribution in [0.3, 0.4) is 0 Å². The maximum atomic E-state index is 11.8. The SMILES string of the molecule is CCN(C)C(=O)N1CCCCC1C. The zero-order valence-corrected chi connectivity index (χ0v) is 8.92. The average Bonchev–Trinajstić information content (AvgIpc) is 2.16. The van der Waals surface area contributed by atoms with Gasteiger partial charge in [0.05, 0.1) is 0 Å². The van der Waals surface area contributed by atoms with E-state index in [1.807, 2.05) is 18.9 Å². The van der Waals surface area contributed by atoms with Crippen LogP contribution in [0.25, 0.3) is 0 Å². The highest BCUT2D eigenvalue weighted by Gasteiger charge is 2.24. The Hall–Kier alpha value is -0.730. The molecule has 76 valence electrons. The zero-order chi connectivity index (χ0) is 9.84. The minimum atomic E-state index is 0.190. The number of likely N-dealkylation sites (tertiary alicyclic amines) is 1. The number of urea groups is 1. The Kier molecular flexibility index (Phi) is 3.58. The van der Waals surface area contributed by atoms with Crippen molar-refractivity contribution in [2.24, 2.45) is 0 Å². The number of carbonyl (C=O) groups is 1. The smallest absolute Gasteiger partial charge is 0.319 e. The maximum absolute atomic E-state index is 11.8. The lowest BCUT2D eigenvalue weighted by molar-refractivity contribution is 0.130. The highest BCUT2D eigenvalue weighted by atomic mass is 16.2. The van der Waals surface area contributed by atoms with Crippen molar-refractivity contribution in [1.29, 1.82) is 0 Å². The van der Waals surface area contributed by atoms with Crippen molar-refractivity contribution >= 4 is 6.03 Å². The second-order valence-electron chi connectivity index (χ2n) is 3.83. The summed E-state index contributed by atoms with van der Waals surface area (Å²) in [5.74, 6) is 0. The fraction of sp³-hybridized carbons (Fsp3) is 0.900. The van der Waals surface area contributed by atoms with Gasteiger partial charge >= 0.3 is 6.03 Å². The van der Waals surface area contributed by atoms with Crippen molar-refractivity contribution in [2.75, 3.05) is 20.1 Å². The fourth-order valence-corrected chi connectivity index (χ4v) is 1.74. The van der Waals surface area contributed by atoms with Gasteiger partial charge in [-0.25, -0.2) is 4.79 Å². The summed E-state index contributed by atoms with van der Waals surface area (Å²) in [4.78, 5) is 15.6. The summed E-state index contributed by atoms with van der Waals surface area (Å²) in [5.41, 5.74) is 0. The number of rotatable bonds is 1. The normalized spacial score (nSPS) is 23.0. The molecule has 0 aromatic carbocycles. The van der Waals surface area contributed by atoms with Crippen LogP contribution in [0.15, 0.2) is 0 Å². The standard InChI is InChI=1S/C10H20N2O/c1-4-11(3)10(13)12-8-6-5-7-9(12)2/h9H,4-8H2,1-3H3. The van der Waals surface area contributed by atoms with Gasteiger partial charge < -0.3 is 9.80 Å². The lowest BCUT2D eigenvalue weighted by Gasteiger charge is -2.35. The summed E-state index contributed by atoms with van der Waals surface area (Å²) in [7, 11) is 1.86. The van der Waals surface area contributed by atoms with Gasteiger partial charge in [0.25, 0.3) is 0 Å². The van der Waals surface area contributed by atoms with Gasteiger partial charge in [-0.3, -0.25) is 0 Å². The molecule has 3 heteroatoms. The van der Waals surface area contributed by atoms with E-state index in [0.29, 0.717) is 6.04 Å². The molecule has 1 atom stereocenters. The van der Waals surface area contributed by atoms with Gasteiger partial charge in [0.2, 0.25) is 0 Å². The second-order valence-corrected chi connectivity index (χ2v) is 3.83. The largest absolute Gasteiger partial charge is 0.328 e. The zero-order valence-electron chi connectivity index (χ0n) is 8.92. The molecular weight excluding hydrogens is 164 g/mol. The molecule has 0 aliphatic carbocycles. The van der Waals surface area contributed by atoms with Gasteiger partial charge in [0, 0.05) is 26.2 Å². The molecule has 1 rings (SSSR count). The van der Waals surface area contributed by atoms with E-state index in [0.717, 1.165) is 25.9 Å². The minimum absolute atomic E-state index is 0.190. The summed E-state index contributed by atoms with van der Waals surface area (Å²) < 4.78 is 0. The van der Waals surface area contributed by atoms with E-state index in [9.17, 15) is 4.79 Å². The molecular formula is C10H20N2O. The molecule has 1 fully saturated rings. The van der Waals surface area contributed by atoms with E-state index < -0.39 is 0 Å². The van der Waals surface area contributed by atoms with Gasteiger partial charge in [-0.1, -0.05) is 0 Å². The molecule has 0 saturated carbocycles. The molecule has 1 aliphatic heterocycles. The Morgan fingerprint density at radius 3 is 2.77 bits per heavy atom. The predicted octanol–water partition coefficient (Wildman–Crippen LogP) is 1.93. The maximum Gasteiger partial charge on any atom is 0.319 e. The number of hydrogen-bond donors (Lipinski definition) is 0. The van der Waals surface area contributed by atoms with Gasteiger partial charge in [0.15, 0.2) is 0 Å². The van der Waals surface area contributed by atoms with E-state index >= 15 is 0 Å². The fourth-order valence-electron chi connectivity index (χ4n) is 1.74. The molecule has 0 N–H and O–H groups in total. The van der Waals surface area contributed by atoms with Gasteiger partial charge in [-0.2, -0.15) is 0 Å². The van der Waals surface area contributed by atoms with Crippen LogP contribution in [0.1, 0.15) is 33.1 Å². The van der Waals surface area contributed by atoms with Gasteiger partial charge in [-0.05, 0) is 33.1 Å². The Morgan fingerprint density at radius 1 is 1.54 bits per heavy atom. The molecule has 2 amide bonds. The molecule has 0 aromatic heterocycles. The molecule has 1 saturated heterocycles. The molecule has 1 aliphatic rings. The summed E-state index contributed by atoms with van der Waals surface area (Å²) >= 11 is 0. The predicted molar refractivity (Wildman–Crippen MR) is 53.7 cm³/mol. The number of hydrogen-bond acceptors (Lipinski definition) is 1. The van der Waals surface area contributed by atoms with Crippen LogP contribution in [0.5, 0.6) is 0 Å². The highest BCUT2D eigenvalue weighted by Crippen LogP contribution is 2.17. The lowest BCUT2D eigenvalue weighted by atomic mass is 10.0. The van der Waals surface area contributed by atoms with Crippen LogP contribution in [0, 0.1) is 0 Å². The molecule has 0 bridgehead atoms. The average molecular weight is 184 g/mol. The molecule has 13 heavy (non-hydrogen) atoms. The molecule has 0 aromatic rings. The van der Waals surface area contributed by atoms with Crippen LogP contribution in [0.4, 0.5) is 4.79 Å². The summed E-state index contributed by atoms with van der Waals surface area (Å²) in [5, 5.41) is 0. The van der Waals surface area contributed by atoms with Crippen molar-refractivity contribution < 1.29 is 4.79 Å². The van der Waals surface area contributed by atoms with Gasteiger partial charge in [0.1, 0.15) is 0 Å². The third-order valence-corrected chi connectivity index (χ3v) is 2.85. The Morgan fingerprint density at radius 2 is 2.23 bits per heavy atom. The summed E-state index contributed by atoms with van der Waals surface area (Å²) in [6.07, 6.45) is 3.58. The molecule has 3 nitrogen and oxygen atoms in total. The van der Waals surface area contributed by atoms with E-state index in [4.69, 9.17) is 0 Å². The molecule has 0 spiro atoms. The molecule has 0 radical (unpaired) electrons. The topological polar surface area (TPSA) is 23.6 Å². The Bertz CT molecular complexity index is 182. The summed E-state index contributed by atoms with van der Waals surface area (Å²) in [6, 6.07) is 0.616. The molecule has 1 heterocycles. The number of carbonyl (C=O) groups excluding carboxylic acids is 1. The monoisotopic (exact) mass is 184 g/mol. The summed E-state index contributed by atoms with van der Waals surface area (Å²) in [6.45, 7) is 5.87. The first-order valence-corrected chi connectivity index (χ1v) is 5.18. The number of nitrogens with zero attached hydrogens (tertiary/aromatic N) is 2. The Labute approximate surface area is 80.7 Å². The van der Waals surface area contributed by atoms with Crippen LogP contribution < -0.4 is 0 Å².